The van der Waals surface area contributed by atoms with E-state index in [2.05, 4.69) is 32.9 Å². The summed E-state index contributed by atoms with van der Waals surface area (Å²) in [4.78, 5) is 0. The molecule has 178 valence electrons. The second-order valence-corrected chi connectivity index (χ2v) is 9.62. The molecule has 0 heteroatoms. The highest BCUT2D eigenvalue weighted by Gasteiger charge is 2.05. The summed E-state index contributed by atoms with van der Waals surface area (Å²) >= 11 is 0. The normalized spacial score (nSPS) is 12.8. The molecular formula is C30H58. The van der Waals surface area contributed by atoms with E-state index in [-0.39, 0.29) is 0 Å². The number of unbranched alkanes of at least 4 members (excludes halogenated alkanes) is 18. The van der Waals surface area contributed by atoms with Gasteiger partial charge in [0.15, 0.2) is 0 Å². The minimum atomic E-state index is 1.00. The fraction of sp³-hybridized carbons (Fsp3) is 0.867. The third kappa shape index (κ3) is 24.0. The second-order valence-electron chi connectivity index (χ2n) is 9.62. The molecule has 0 fully saturated rings. The van der Waals surface area contributed by atoms with Crippen LogP contribution in [-0.4, -0.2) is 0 Å². The maximum atomic E-state index is 3.93. The van der Waals surface area contributed by atoms with Crippen molar-refractivity contribution >= 4 is 0 Å². The van der Waals surface area contributed by atoms with Crippen molar-refractivity contribution in [2.45, 2.75) is 161 Å². The predicted octanol–water partition coefficient (Wildman–Crippen LogP) is 11.2. The molecule has 0 saturated carbocycles. The van der Waals surface area contributed by atoms with E-state index < -0.39 is 0 Å². The monoisotopic (exact) mass is 418 g/mol. The Morgan fingerprint density at radius 2 is 0.833 bits per heavy atom. The van der Waals surface area contributed by atoms with Gasteiger partial charge >= 0.3 is 0 Å². The fourth-order valence-corrected chi connectivity index (χ4v) is 4.48. The van der Waals surface area contributed by atoms with E-state index >= 15 is 0 Å². The van der Waals surface area contributed by atoms with Crippen molar-refractivity contribution in [1.82, 2.24) is 0 Å². The fourth-order valence-electron chi connectivity index (χ4n) is 4.48. The summed E-state index contributed by atoms with van der Waals surface area (Å²) in [5, 5.41) is 0. The Labute approximate surface area is 193 Å². The van der Waals surface area contributed by atoms with Gasteiger partial charge < -0.3 is 0 Å². The van der Waals surface area contributed by atoms with Crippen LogP contribution in [0.5, 0.6) is 0 Å². The molecule has 0 aromatic carbocycles. The van der Waals surface area contributed by atoms with Gasteiger partial charge in [0.05, 0.1) is 0 Å². The lowest BCUT2D eigenvalue weighted by Gasteiger charge is -2.14. The largest absolute Gasteiger partial charge is 0.0885 e. The van der Waals surface area contributed by atoms with Gasteiger partial charge in [0.1, 0.15) is 0 Å². The first-order valence-corrected chi connectivity index (χ1v) is 14.1. The van der Waals surface area contributed by atoms with E-state index in [1.807, 2.05) is 0 Å². The van der Waals surface area contributed by atoms with Gasteiger partial charge in [0, 0.05) is 0 Å². The van der Waals surface area contributed by atoms with Crippen LogP contribution in [0.15, 0.2) is 12.2 Å². The van der Waals surface area contributed by atoms with Crippen molar-refractivity contribution in [3.8, 4) is 0 Å². The number of allylic oxidation sites excluding steroid dienone is 2. The van der Waals surface area contributed by atoms with Crippen LogP contribution in [0.25, 0.3) is 0 Å². The minimum Gasteiger partial charge on any atom is -0.0885 e. The average molecular weight is 419 g/mol. The Kier molecular flexibility index (Phi) is 26.5. The summed E-state index contributed by atoms with van der Waals surface area (Å²) in [5.74, 6) is 1.00. The van der Waals surface area contributed by atoms with Crippen LogP contribution in [0.1, 0.15) is 161 Å². The third-order valence-corrected chi connectivity index (χ3v) is 6.71. The average Bonchev–Trinajstić information content (AvgIpc) is 2.76. The minimum absolute atomic E-state index is 1.00. The Morgan fingerprint density at radius 3 is 1.27 bits per heavy atom. The van der Waals surface area contributed by atoms with Crippen molar-refractivity contribution in [2.24, 2.45) is 5.92 Å². The van der Waals surface area contributed by atoms with E-state index in [0.717, 1.165) is 18.8 Å². The SMILES string of the molecule is [CH2]CCCC=CCCCCCCCCCCCCC(CC)CCCCCCCC[CH2]. The highest BCUT2D eigenvalue weighted by Crippen LogP contribution is 2.22. The Balaban J connectivity index is 3.26. The van der Waals surface area contributed by atoms with Gasteiger partial charge in [-0.25, -0.2) is 0 Å². The molecule has 0 bridgehead atoms. The molecule has 0 aromatic rings. The molecule has 0 amide bonds. The topological polar surface area (TPSA) is 0 Å². The summed E-state index contributed by atoms with van der Waals surface area (Å²) in [6.07, 6.45) is 38.1. The lowest BCUT2D eigenvalue weighted by atomic mass is 9.92. The predicted molar refractivity (Wildman–Crippen MR) is 140 cm³/mol. The molecule has 0 aromatic heterocycles. The van der Waals surface area contributed by atoms with Gasteiger partial charge in [0.25, 0.3) is 0 Å². The zero-order valence-corrected chi connectivity index (χ0v) is 21.1. The zero-order valence-electron chi connectivity index (χ0n) is 21.1. The summed E-state index contributed by atoms with van der Waals surface area (Å²) in [5.41, 5.74) is 0. The lowest BCUT2D eigenvalue weighted by molar-refractivity contribution is 0.392. The number of hydrogen-bond acceptors (Lipinski definition) is 0. The van der Waals surface area contributed by atoms with Gasteiger partial charge in [-0.05, 0) is 31.6 Å². The molecule has 30 heavy (non-hydrogen) atoms. The summed E-state index contributed by atoms with van der Waals surface area (Å²) in [6, 6.07) is 0. The van der Waals surface area contributed by atoms with E-state index in [1.165, 1.54) is 141 Å². The molecule has 2 radical (unpaired) electrons. The van der Waals surface area contributed by atoms with Gasteiger partial charge in [-0.15, -0.1) is 0 Å². The third-order valence-electron chi connectivity index (χ3n) is 6.71. The first-order chi connectivity index (χ1) is 14.8. The van der Waals surface area contributed by atoms with Crippen molar-refractivity contribution in [3.63, 3.8) is 0 Å². The zero-order chi connectivity index (χ0) is 22.0. The van der Waals surface area contributed by atoms with E-state index in [4.69, 9.17) is 0 Å². The van der Waals surface area contributed by atoms with Crippen LogP contribution in [0.4, 0.5) is 0 Å². The lowest BCUT2D eigenvalue weighted by Crippen LogP contribution is -1.99. The summed E-state index contributed by atoms with van der Waals surface area (Å²) in [7, 11) is 0. The van der Waals surface area contributed by atoms with Crippen LogP contribution < -0.4 is 0 Å². The van der Waals surface area contributed by atoms with Crippen molar-refractivity contribution < 1.29 is 0 Å². The Bertz CT molecular complexity index is 316. The van der Waals surface area contributed by atoms with Crippen LogP contribution >= 0.6 is 0 Å². The van der Waals surface area contributed by atoms with Crippen LogP contribution in [-0.2, 0) is 0 Å². The molecule has 0 N–H and O–H groups in total. The highest BCUT2D eigenvalue weighted by molar-refractivity contribution is 4.81. The molecule has 1 atom stereocenters. The molecule has 1 unspecified atom stereocenters. The molecule has 0 nitrogen and oxygen atoms in total. The van der Waals surface area contributed by atoms with Gasteiger partial charge in [-0.1, -0.05) is 161 Å². The van der Waals surface area contributed by atoms with E-state index in [9.17, 15) is 0 Å². The van der Waals surface area contributed by atoms with Gasteiger partial charge in [-0.3, -0.25) is 0 Å². The first-order valence-electron chi connectivity index (χ1n) is 14.1. The quantitative estimate of drug-likeness (QED) is 0.102. The van der Waals surface area contributed by atoms with Crippen molar-refractivity contribution in [1.29, 1.82) is 0 Å². The smallest absolute Gasteiger partial charge is 0.0351 e. The van der Waals surface area contributed by atoms with Crippen molar-refractivity contribution in [3.05, 3.63) is 26.0 Å². The molecule has 0 aliphatic heterocycles. The molecule has 0 heterocycles. The van der Waals surface area contributed by atoms with E-state index in [0.29, 0.717) is 0 Å². The first kappa shape index (κ1) is 29.7. The Morgan fingerprint density at radius 1 is 0.467 bits per heavy atom. The Hall–Kier alpha value is -0.260. The van der Waals surface area contributed by atoms with Crippen LogP contribution in [0.2, 0.25) is 0 Å². The van der Waals surface area contributed by atoms with Crippen LogP contribution in [0.3, 0.4) is 0 Å². The maximum absolute atomic E-state index is 3.93. The molecule has 0 rings (SSSR count). The molecular weight excluding hydrogens is 360 g/mol. The number of hydrogen-bond donors (Lipinski definition) is 0. The molecule has 0 aliphatic carbocycles. The summed E-state index contributed by atoms with van der Waals surface area (Å²) in [6.45, 7) is 10.2. The molecule has 0 aliphatic rings. The number of rotatable bonds is 25. The highest BCUT2D eigenvalue weighted by atomic mass is 14.1. The maximum Gasteiger partial charge on any atom is -0.0351 e. The molecule has 0 spiro atoms. The van der Waals surface area contributed by atoms with Crippen LogP contribution in [0, 0.1) is 19.8 Å². The second kappa shape index (κ2) is 26.8. The summed E-state index contributed by atoms with van der Waals surface area (Å²) < 4.78 is 0. The van der Waals surface area contributed by atoms with Gasteiger partial charge in [0.2, 0.25) is 0 Å². The van der Waals surface area contributed by atoms with Crippen molar-refractivity contribution in [2.75, 3.05) is 0 Å². The molecule has 0 saturated heterocycles. The standard InChI is InChI=1S/C30H58/c1-4-7-9-11-13-14-15-16-17-18-19-20-21-23-25-27-29-30(6-3)28-26-24-22-12-10-8-5-2/h11,13,30H,1-2,4-10,12,14-29H2,3H3. The van der Waals surface area contributed by atoms with Gasteiger partial charge in [-0.2, -0.15) is 0 Å². The van der Waals surface area contributed by atoms with E-state index in [1.54, 1.807) is 0 Å².